The van der Waals surface area contributed by atoms with Crippen LogP contribution >= 0.6 is 0 Å². The highest BCUT2D eigenvalue weighted by Crippen LogP contribution is 2.18. The molecule has 0 N–H and O–H groups in total. The van der Waals surface area contributed by atoms with Crippen LogP contribution in [-0.4, -0.2) is 24.7 Å². The summed E-state index contributed by atoms with van der Waals surface area (Å²) in [5.41, 5.74) is -0.201. The molecule has 0 fully saturated rings. The van der Waals surface area contributed by atoms with Gasteiger partial charge in [0.1, 0.15) is 17.4 Å². The second-order valence-corrected chi connectivity index (χ2v) is 9.52. The predicted octanol–water partition coefficient (Wildman–Crippen LogP) is 3.85. The van der Waals surface area contributed by atoms with E-state index in [1.807, 2.05) is 0 Å². The summed E-state index contributed by atoms with van der Waals surface area (Å²) in [5.74, 6) is -1.58. The third kappa shape index (κ3) is 6.01. The van der Waals surface area contributed by atoms with Gasteiger partial charge in [-0.2, -0.15) is 0 Å². The van der Waals surface area contributed by atoms with Crippen LogP contribution in [0.2, 0.25) is 0 Å². The first kappa shape index (κ1) is 19.7. The molecule has 0 saturated heterocycles. The second-order valence-electron chi connectivity index (χ2n) is 6.66. The molecule has 0 saturated carbocycles. The Morgan fingerprint density at radius 2 is 1.61 bits per heavy atom. The zero-order valence-electron chi connectivity index (χ0n) is 13.9. The molecular weight excluding hydrogens is 322 g/mol. The molecule has 1 rings (SSSR count). The Labute approximate surface area is 137 Å². The van der Waals surface area contributed by atoms with Crippen molar-refractivity contribution in [2.75, 3.05) is 5.75 Å². The van der Waals surface area contributed by atoms with Gasteiger partial charge in [0, 0.05) is 18.4 Å². The van der Waals surface area contributed by atoms with Crippen LogP contribution < -0.4 is 0 Å². The van der Waals surface area contributed by atoms with E-state index in [9.17, 15) is 22.0 Å². The molecule has 3 nitrogen and oxygen atoms in total. The Balaban J connectivity index is 2.36. The number of ketones is 1. The molecule has 0 heterocycles. The largest absolute Gasteiger partial charge is 0.299 e. The summed E-state index contributed by atoms with van der Waals surface area (Å²) in [6.45, 7) is 4.98. The fraction of sp³-hybridized carbons (Fsp3) is 0.588. The lowest BCUT2D eigenvalue weighted by atomic mass is 10.0. The average molecular weight is 346 g/mol. The molecule has 0 aliphatic rings. The number of hydrogen-bond acceptors (Lipinski definition) is 3. The fourth-order valence-electron chi connectivity index (χ4n) is 2.08. The Morgan fingerprint density at radius 3 is 2.13 bits per heavy atom. The van der Waals surface area contributed by atoms with Gasteiger partial charge in [-0.1, -0.05) is 12.5 Å². The molecule has 1 aromatic carbocycles. The van der Waals surface area contributed by atoms with E-state index in [0.717, 1.165) is 12.1 Å². The monoisotopic (exact) mass is 346 g/mol. The van der Waals surface area contributed by atoms with E-state index in [-0.39, 0.29) is 29.9 Å². The highest BCUT2D eigenvalue weighted by atomic mass is 32.2. The summed E-state index contributed by atoms with van der Waals surface area (Å²) < 4.78 is 49.9. The van der Waals surface area contributed by atoms with Gasteiger partial charge in [0.15, 0.2) is 9.84 Å². The molecular formula is C17H24F2O3S. The zero-order chi connectivity index (χ0) is 17.7. The van der Waals surface area contributed by atoms with Crippen LogP contribution in [0.15, 0.2) is 18.2 Å². The minimum atomic E-state index is -3.14. The summed E-state index contributed by atoms with van der Waals surface area (Å²) in [6, 6.07) is 3.51. The van der Waals surface area contributed by atoms with Gasteiger partial charge in [0.25, 0.3) is 0 Å². The van der Waals surface area contributed by atoms with Crippen molar-refractivity contribution in [2.24, 2.45) is 0 Å². The molecule has 0 unspecified atom stereocenters. The molecule has 0 atom stereocenters. The van der Waals surface area contributed by atoms with Crippen molar-refractivity contribution in [3.63, 3.8) is 0 Å². The van der Waals surface area contributed by atoms with Gasteiger partial charge in [-0.25, -0.2) is 17.2 Å². The van der Waals surface area contributed by atoms with Crippen molar-refractivity contribution in [1.29, 1.82) is 0 Å². The van der Waals surface area contributed by atoms with E-state index in [2.05, 4.69) is 0 Å². The molecule has 1 aromatic rings. The van der Waals surface area contributed by atoms with Gasteiger partial charge in [-0.15, -0.1) is 0 Å². The predicted molar refractivity (Wildman–Crippen MR) is 87.1 cm³/mol. The molecule has 0 aromatic heterocycles. The Kier molecular flexibility index (Phi) is 6.86. The highest BCUT2D eigenvalue weighted by Gasteiger charge is 2.27. The lowest BCUT2D eigenvalue weighted by molar-refractivity contribution is -0.118. The summed E-state index contributed by atoms with van der Waals surface area (Å²) >= 11 is 0. The maximum atomic E-state index is 13.4. The number of carbonyl (C=O) groups is 1. The summed E-state index contributed by atoms with van der Waals surface area (Å²) in [5, 5.41) is 0. The fourth-order valence-corrected chi connectivity index (χ4v) is 3.28. The Hall–Kier alpha value is -1.30. The van der Waals surface area contributed by atoms with E-state index in [0.29, 0.717) is 19.3 Å². The van der Waals surface area contributed by atoms with Gasteiger partial charge in [-0.3, -0.25) is 4.79 Å². The van der Waals surface area contributed by atoms with Gasteiger partial charge < -0.3 is 0 Å². The molecule has 130 valence electrons. The zero-order valence-corrected chi connectivity index (χ0v) is 14.7. The van der Waals surface area contributed by atoms with Crippen LogP contribution in [-0.2, 0) is 21.1 Å². The number of carbonyl (C=O) groups excluding carboxylic acids is 1. The molecule has 23 heavy (non-hydrogen) atoms. The van der Waals surface area contributed by atoms with Crippen LogP contribution in [0.3, 0.4) is 0 Å². The summed E-state index contributed by atoms with van der Waals surface area (Å²) in [4.78, 5) is 11.8. The van der Waals surface area contributed by atoms with E-state index in [1.165, 1.54) is 6.07 Å². The molecule has 0 aliphatic heterocycles. The second kappa shape index (κ2) is 7.99. The number of Topliss-reactive ketones (excluding diaryl/α,β-unsaturated/α-hetero) is 1. The van der Waals surface area contributed by atoms with Crippen molar-refractivity contribution >= 4 is 15.6 Å². The Bertz CT molecular complexity index is 626. The first-order valence-corrected chi connectivity index (χ1v) is 9.37. The van der Waals surface area contributed by atoms with Crippen molar-refractivity contribution < 1.29 is 22.0 Å². The van der Waals surface area contributed by atoms with Crippen LogP contribution in [0, 0.1) is 11.6 Å². The quantitative estimate of drug-likeness (QED) is 0.672. The summed E-state index contributed by atoms with van der Waals surface area (Å²) in [6.07, 6.45) is 1.54. The lowest BCUT2D eigenvalue weighted by Gasteiger charge is -2.18. The SMILES string of the molecule is CC(C)(C)S(=O)(=O)CCCCCC(=O)Cc1c(F)cccc1F. The van der Waals surface area contributed by atoms with Crippen molar-refractivity contribution in [1.82, 2.24) is 0 Å². The minimum absolute atomic E-state index is 0.0899. The molecule has 0 aliphatic carbocycles. The van der Waals surface area contributed by atoms with Gasteiger partial charge in [0.05, 0.1) is 10.5 Å². The van der Waals surface area contributed by atoms with Crippen molar-refractivity contribution in [3.05, 3.63) is 35.4 Å². The normalized spacial score (nSPS) is 12.4. The van der Waals surface area contributed by atoms with E-state index in [4.69, 9.17) is 0 Å². The van der Waals surface area contributed by atoms with Crippen LogP contribution in [0.5, 0.6) is 0 Å². The molecule has 0 spiro atoms. The number of rotatable bonds is 8. The number of sulfone groups is 1. The molecule has 0 radical (unpaired) electrons. The third-order valence-corrected chi connectivity index (χ3v) is 6.43. The standard InChI is InChI=1S/C17H24F2O3S/c1-17(2,3)23(21,22)11-6-4-5-8-13(20)12-14-15(18)9-7-10-16(14)19/h7,9-10H,4-6,8,11-12H2,1-3H3. The summed E-state index contributed by atoms with van der Waals surface area (Å²) in [7, 11) is -3.14. The lowest BCUT2D eigenvalue weighted by Crippen LogP contribution is -2.30. The maximum absolute atomic E-state index is 13.4. The van der Waals surface area contributed by atoms with Crippen molar-refractivity contribution in [3.8, 4) is 0 Å². The highest BCUT2D eigenvalue weighted by molar-refractivity contribution is 7.92. The van der Waals surface area contributed by atoms with Crippen LogP contribution in [0.1, 0.15) is 52.0 Å². The molecule has 6 heteroatoms. The average Bonchev–Trinajstić information content (AvgIpc) is 2.41. The van der Waals surface area contributed by atoms with Crippen LogP contribution in [0.25, 0.3) is 0 Å². The first-order chi connectivity index (χ1) is 10.5. The topological polar surface area (TPSA) is 51.2 Å². The van der Waals surface area contributed by atoms with Crippen LogP contribution in [0.4, 0.5) is 8.78 Å². The first-order valence-electron chi connectivity index (χ1n) is 7.71. The smallest absolute Gasteiger partial charge is 0.155 e. The van der Waals surface area contributed by atoms with Crippen molar-refractivity contribution in [2.45, 2.75) is 57.6 Å². The number of unbranched alkanes of at least 4 members (excludes halogenated alkanes) is 2. The van der Waals surface area contributed by atoms with Gasteiger partial charge in [0.2, 0.25) is 0 Å². The molecule has 0 amide bonds. The number of benzene rings is 1. The van der Waals surface area contributed by atoms with Gasteiger partial charge in [-0.05, 0) is 45.7 Å². The van der Waals surface area contributed by atoms with E-state index >= 15 is 0 Å². The number of halogens is 2. The van der Waals surface area contributed by atoms with E-state index in [1.54, 1.807) is 20.8 Å². The maximum Gasteiger partial charge on any atom is 0.155 e. The minimum Gasteiger partial charge on any atom is -0.299 e. The molecule has 0 bridgehead atoms. The van der Waals surface area contributed by atoms with E-state index < -0.39 is 26.2 Å². The Morgan fingerprint density at radius 1 is 1.04 bits per heavy atom. The van der Waals surface area contributed by atoms with Gasteiger partial charge >= 0.3 is 0 Å². The number of hydrogen-bond donors (Lipinski definition) is 0. The third-order valence-electron chi connectivity index (χ3n) is 3.74.